The molecule has 5 heteroatoms. The van der Waals surface area contributed by atoms with Crippen LogP contribution < -0.4 is 5.32 Å². The summed E-state index contributed by atoms with van der Waals surface area (Å²) in [5.41, 5.74) is 0.0291. The molecule has 1 fully saturated rings. The maximum atomic E-state index is 12.2. The fourth-order valence-corrected chi connectivity index (χ4v) is 3.13. The second-order valence-electron chi connectivity index (χ2n) is 6.84. The molecule has 1 saturated heterocycles. The van der Waals surface area contributed by atoms with Crippen molar-refractivity contribution in [3.8, 4) is 0 Å². The third-order valence-corrected chi connectivity index (χ3v) is 4.48. The van der Waals surface area contributed by atoms with Crippen LogP contribution in [-0.4, -0.2) is 35.8 Å². The summed E-state index contributed by atoms with van der Waals surface area (Å²) in [6, 6.07) is 3.90. The van der Waals surface area contributed by atoms with Crippen LogP contribution in [0.2, 0.25) is 0 Å². The molecule has 0 spiro atoms. The average molecular weight is 308 g/mol. The van der Waals surface area contributed by atoms with Crippen molar-refractivity contribution in [1.82, 2.24) is 10.2 Å². The summed E-state index contributed by atoms with van der Waals surface area (Å²) in [6.07, 6.45) is 2.26. The first-order valence-electron chi connectivity index (χ1n) is 7.47. The molecule has 0 saturated carbocycles. The van der Waals surface area contributed by atoms with Gasteiger partial charge in [-0.1, -0.05) is 26.8 Å². The number of amides is 2. The zero-order valence-corrected chi connectivity index (χ0v) is 13.8. The number of carbonyl (C=O) groups excluding carboxylic acids is 2. The van der Waals surface area contributed by atoms with E-state index >= 15 is 0 Å². The minimum Gasteiger partial charge on any atom is -0.348 e. The zero-order chi connectivity index (χ0) is 15.5. The van der Waals surface area contributed by atoms with E-state index in [0.29, 0.717) is 6.42 Å². The normalized spacial score (nSPS) is 16.8. The largest absolute Gasteiger partial charge is 0.348 e. The predicted octanol–water partition coefficient (Wildman–Crippen LogP) is 2.91. The minimum atomic E-state index is 0.00414. The summed E-state index contributed by atoms with van der Waals surface area (Å²) >= 11 is 1.45. The van der Waals surface area contributed by atoms with Gasteiger partial charge in [0.1, 0.15) is 0 Å². The Morgan fingerprint density at radius 3 is 2.52 bits per heavy atom. The second-order valence-corrected chi connectivity index (χ2v) is 7.79. The molecule has 0 aromatic carbocycles. The number of rotatable bonds is 3. The lowest BCUT2D eigenvalue weighted by molar-refractivity contribution is -0.134. The number of nitrogens with zero attached hydrogens (tertiary/aromatic N) is 1. The maximum absolute atomic E-state index is 12.2. The van der Waals surface area contributed by atoms with E-state index in [2.05, 4.69) is 26.1 Å². The third kappa shape index (κ3) is 4.84. The minimum absolute atomic E-state index is 0.00414. The zero-order valence-electron chi connectivity index (χ0n) is 13.0. The van der Waals surface area contributed by atoms with Crippen LogP contribution in [0.3, 0.4) is 0 Å². The van der Waals surface area contributed by atoms with E-state index in [1.807, 2.05) is 22.4 Å². The molecule has 1 aromatic rings. The molecule has 0 aliphatic carbocycles. The lowest BCUT2D eigenvalue weighted by atomic mass is 9.91. The number of hydrogen-bond acceptors (Lipinski definition) is 3. The Morgan fingerprint density at radius 1 is 1.33 bits per heavy atom. The van der Waals surface area contributed by atoms with E-state index in [0.717, 1.165) is 30.8 Å². The molecule has 116 valence electrons. The molecular weight excluding hydrogens is 284 g/mol. The first kappa shape index (κ1) is 16.0. The van der Waals surface area contributed by atoms with Crippen molar-refractivity contribution < 1.29 is 9.59 Å². The van der Waals surface area contributed by atoms with Gasteiger partial charge in [-0.15, -0.1) is 11.3 Å². The van der Waals surface area contributed by atoms with Crippen molar-refractivity contribution in [3.05, 3.63) is 22.4 Å². The summed E-state index contributed by atoms with van der Waals surface area (Å²) in [7, 11) is 0. The summed E-state index contributed by atoms with van der Waals surface area (Å²) in [5.74, 6) is 0.231. The van der Waals surface area contributed by atoms with Gasteiger partial charge in [0, 0.05) is 25.6 Å². The van der Waals surface area contributed by atoms with Crippen LogP contribution in [0.4, 0.5) is 0 Å². The Bertz CT molecular complexity index is 483. The summed E-state index contributed by atoms with van der Waals surface area (Å²) < 4.78 is 0. The average Bonchev–Trinajstić information content (AvgIpc) is 2.91. The molecule has 0 radical (unpaired) electrons. The SMILES string of the molecule is CC(C)(C)CC(=O)N1CCC(NC(=O)c2cccs2)CC1. The molecule has 1 aliphatic heterocycles. The van der Waals surface area contributed by atoms with Gasteiger partial charge in [0.2, 0.25) is 5.91 Å². The van der Waals surface area contributed by atoms with Gasteiger partial charge < -0.3 is 10.2 Å². The lowest BCUT2D eigenvalue weighted by Gasteiger charge is -2.34. The fourth-order valence-electron chi connectivity index (χ4n) is 2.50. The van der Waals surface area contributed by atoms with Crippen LogP contribution in [0.5, 0.6) is 0 Å². The Morgan fingerprint density at radius 2 is 2.00 bits per heavy atom. The van der Waals surface area contributed by atoms with Gasteiger partial charge in [-0.05, 0) is 29.7 Å². The van der Waals surface area contributed by atoms with Crippen LogP contribution in [-0.2, 0) is 4.79 Å². The lowest BCUT2D eigenvalue weighted by Crippen LogP contribution is -2.47. The maximum Gasteiger partial charge on any atom is 0.261 e. The Hall–Kier alpha value is -1.36. The van der Waals surface area contributed by atoms with Crippen molar-refractivity contribution in [2.45, 2.75) is 46.1 Å². The van der Waals surface area contributed by atoms with Crippen molar-refractivity contribution in [3.63, 3.8) is 0 Å². The number of piperidine rings is 1. The van der Waals surface area contributed by atoms with Crippen molar-refractivity contribution in [1.29, 1.82) is 0 Å². The quantitative estimate of drug-likeness (QED) is 0.933. The van der Waals surface area contributed by atoms with Crippen LogP contribution in [0, 0.1) is 5.41 Å². The molecule has 0 unspecified atom stereocenters. The molecule has 2 amide bonds. The smallest absolute Gasteiger partial charge is 0.261 e. The highest BCUT2D eigenvalue weighted by Crippen LogP contribution is 2.21. The molecule has 1 aromatic heterocycles. The van der Waals surface area contributed by atoms with E-state index in [-0.39, 0.29) is 23.3 Å². The van der Waals surface area contributed by atoms with Gasteiger partial charge in [0.25, 0.3) is 5.91 Å². The van der Waals surface area contributed by atoms with E-state index in [1.54, 1.807) is 0 Å². The standard InChI is InChI=1S/C16H24N2O2S/c1-16(2,3)11-14(19)18-8-6-12(7-9-18)17-15(20)13-5-4-10-21-13/h4-5,10,12H,6-9,11H2,1-3H3,(H,17,20). The van der Waals surface area contributed by atoms with Crippen molar-refractivity contribution in [2.24, 2.45) is 5.41 Å². The van der Waals surface area contributed by atoms with Crippen LogP contribution in [0.1, 0.15) is 49.7 Å². The highest BCUT2D eigenvalue weighted by atomic mass is 32.1. The first-order chi connectivity index (χ1) is 9.85. The number of carbonyl (C=O) groups is 2. The number of thiophene rings is 1. The molecule has 4 nitrogen and oxygen atoms in total. The van der Waals surface area contributed by atoms with E-state index in [4.69, 9.17) is 0 Å². The summed E-state index contributed by atoms with van der Waals surface area (Å²) in [4.78, 5) is 26.8. The van der Waals surface area contributed by atoms with Crippen molar-refractivity contribution >= 4 is 23.2 Å². The van der Waals surface area contributed by atoms with Gasteiger partial charge in [0.15, 0.2) is 0 Å². The molecule has 0 atom stereocenters. The van der Waals surface area contributed by atoms with E-state index in [1.165, 1.54) is 11.3 Å². The second kappa shape index (κ2) is 6.60. The number of nitrogens with one attached hydrogen (secondary N) is 1. The molecule has 2 heterocycles. The van der Waals surface area contributed by atoms with Gasteiger partial charge in [0.05, 0.1) is 4.88 Å². The first-order valence-corrected chi connectivity index (χ1v) is 8.35. The van der Waals surface area contributed by atoms with Gasteiger partial charge in [-0.25, -0.2) is 0 Å². The van der Waals surface area contributed by atoms with Crippen LogP contribution in [0.25, 0.3) is 0 Å². The molecule has 2 rings (SSSR count). The fraction of sp³-hybridized carbons (Fsp3) is 0.625. The summed E-state index contributed by atoms with van der Waals surface area (Å²) in [5, 5.41) is 4.97. The topological polar surface area (TPSA) is 49.4 Å². The Balaban J connectivity index is 1.78. The summed E-state index contributed by atoms with van der Waals surface area (Å²) in [6.45, 7) is 7.73. The molecule has 1 N–H and O–H groups in total. The third-order valence-electron chi connectivity index (χ3n) is 3.61. The molecule has 1 aliphatic rings. The van der Waals surface area contributed by atoms with Gasteiger partial charge in [-0.2, -0.15) is 0 Å². The number of likely N-dealkylation sites (tertiary alicyclic amines) is 1. The highest BCUT2D eigenvalue weighted by Gasteiger charge is 2.26. The molecular formula is C16H24N2O2S. The highest BCUT2D eigenvalue weighted by molar-refractivity contribution is 7.12. The monoisotopic (exact) mass is 308 g/mol. The van der Waals surface area contributed by atoms with Gasteiger partial charge >= 0.3 is 0 Å². The van der Waals surface area contributed by atoms with Crippen LogP contribution in [0.15, 0.2) is 17.5 Å². The van der Waals surface area contributed by atoms with E-state index in [9.17, 15) is 9.59 Å². The number of hydrogen-bond donors (Lipinski definition) is 1. The molecule has 0 bridgehead atoms. The molecule has 21 heavy (non-hydrogen) atoms. The predicted molar refractivity (Wildman–Crippen MR) is 85.5 cm³/mol. The van der Waals surface area contributed by atoms with Crippen LogP contribution >= 0.6 is 11.3 Å². The van der Waals surface area contributed by atoms with E-state index < -0.39 is 0 Å². The Kier molecular flexibility index (Phi) is 5.04. The van der Waals surface area contributed by atoms with Crippen molar-refractivity contribution in [2.75, 3.05) is 13.1 Å². The Labute approximate surface area is 130 Å². The van der Waals surface area contributed by atoms with Gasteiger partial charge in [-0.3, -0.25) is 9.59 Å².